The van der Waals surface area contributed by atoms with E-state index in [-0.39, 0.29) is 12.3 Å². The summed E-state index contributed by atoms with van der Waals surface area (Å²) in [7, 11) is 3.13. The number of hydrogen-bond donors (Lipinski definition) is 1. The van der Waals surface area contributed by atoms with Gasteiger partial charge in [0.2, 0.25) is 17.6 Å². The predicted molar refractivity (Wildman–Crippen MR) is 122 cm³/mol. The molecule has 0 radical (unpaired) electrons. The van der Waals surface area contributed by atoms with Crippen molar-refractivity contribution in [3.63, 3.8) is 0 Å². The molecular formula is C22H19ClN4O4S. The summed E-state index contributed by atoms with van der Waals surface area (Å²) < 4.78 is 15.8. The van der Waals surface area contributed by atoms with Gasteiger partial charge in [-0.3, -0.25) is 4.79 Å². The van der Waals surface area contributed by atoms with Crippen molar-refractivity contribution >= 4 is 34.0 Å². The molecule has 0 saturated carbocycles. The number of rotatable bonds is 8. The first-order chi connectivity index (χ1) is 15.6. The fourth-order valence-electron chi connectivity index (χ4n) is 2.98. The third-order valence-corrected chi connectivity index (χ3v) is 5.66. The summed E-state index contributed by atoms with van der Waals surface area (Å²) in [5.41, 5.74) is 2.25. The number of benzene rings is 2. The minimum atomic E-state index is -0.198. The number of aromatic nitrogens is 3. The zero-order chi connectivity index (χ0) is 22.5. The molecule has 0 fully saturated rings. The van der Waals surface area contributed by atoms with Crippen LogP contribution in [0.1, 0.15) is 12.3 Å². The molecule has 2 aromatic carbocycles. The Balaban J connectivity index is 1.35. The molecule has 0 atom stereocenters. The average molecular weight is 471 g/mol. The number of methoxy groups -OCH3 is 2. The molecular weight excluding hydrogens is 452 g/mol. The normalized spacial score (nSPS) is 10.7. The van der Waals surface area contributed by atoms with Gasteiger partial charge in [-0.15, -0.1) is 11.3 Å². The number of carbonyl (C=O) groups is 1. The van der Waals surface area contributed by atoms with Gasteiger partial charge in [-0.25, -0.2) is 4.98 Å². The lowest BCUT2D eigenvalue weighted by Crippen LogP contribution is -2.12. The molecule has 0 aliphatic rings. The average Bonchev–Trinajstić information content (AvgIpc) is 3.47. The molecule has 32 heavy (non-hydrogen) atoms. The number of aryl methyl sites for hydroxylation is 1. The van der Waals surface area contributed by atoms with E-state index in [4.69, 9.17) is 25.6 Å². The second-order valence-corrected chi connectivity index (χ2v) is 7.91. The van der Waals surface area contributed by atoms with Crippen LogP contribution in [0.2, 0.25) is 5.02 Å². The van der Waals surface area contributed by atoms with Crippen molar-refractivity contribution < 1.29 is 18.8 Å². The van der Waals surface area contributed by atoms with E-state index in [0.717, 1.165) is 11.1 Å². The van der Waals surface area contributed by atoms with Crippen LogP contribution >= 0.6 is 22.9 Å². The van der Waals surface area contributed by atoms with Gasteiger partial charge >= 0.3 is 0 Å². The smallest absolute Gasteiger partial charge is 0.227 e. The third-order valence-electron chi connectivity index (χ3n) is 4.58. The minimum Gasteiger partial charge on any atom is -0.493 e. The number of halogens is 1. The number of thiazole rings is 1. The third kappa shape index (κ3) is 4.90. The summed E-state index contributed by atoms with van der Waals surface area (Å²) in [6.07, 6.45) is 0.476. The molecule has 8 nitrogen and oxygen atoms in total. The fourth-order valence-corrected chi connectivity index (χ4v) is 3.93. The molecule has 0 unspecified atom stereocenters. The number of anilines is 1. The zero-order valence-corrected chi connectivity index (χ0v) is 18.9. The monoisotopic (exact) mass is 470 g/mol. The summed E-state index contributed by atoms with van der Waals surface area (Å²) in [5, 5.41) is 9.74. The summed E-state index contributed by atoms with van der Waals surface area (Å²) >= 11 is 7.55. The van der Waals surface area contributed by atoms with Crippen LogP contribution in [-0.4, -0.2) is 35.3 Å². The maximum Gasteiger partial charge on any atom is 0.227 e. The Hall–Kier alpha value is -3.43. The Morgan fingerprint density at radius 1 is 1.12 bits per heavy atom. The highest BCUT2D eigenvalue weighted by atomic mass is 35.5. The van der Waals surface area contributed by atoms with Crippen LogP contribution in [-0.2, 0) is 11.2 Å². The van der Waals surface area contributed by atoms with Crippen LogP contribution in [0.4, 0.5) is 5.13 Å². The van der Waals surface area contributed by atoms with E-state index in [1.807, 2.05) is 29.6 Å². The fraction of sp³-hybridized carbons (Fsp3) is 0.182. The van der Waals surface area contributed by atoms with E-state index < -0.39 is 0 Å². The molecule has 0 aliphatic carbocycles. The summed E-state index contributed by atoms with van der Waals surface area (Å²) in [6, 6.07) is 12.8. The first kappa shape index (κ1) is 21.8. The van der Waals surface area contributed by atoms with Crippen molar-refractivity contribution in [2.24, 2.45) is 0 Å². The molecule has 2 aromatic heterocycles. The second-order valence-electron chi connectivity index (χ2n) is 6.65. The van der Waals surface area contributed by atoms with Crippen molar-refractivity contribution in [3.05, 3.63) is 58.8 Å². The van der Waals surface area contributed by atoms with E-state index >= 15 is 0 Å². The van der Waals surface area contributed by atoms with Crippen LogP contribution in [0.25, 0.3) is 22.6 Å². The van der Waals surface area contributed by atoms with Crippen LogP contribution < -0.4 is 14.8 Å². The Labute approximate surface area is 193 Å². The first-order valence-corrected chi connectivity index (χ1v) is 10.9. The van der Waals surface area contributed by atoms with Gasteiger partial charge in [-0.2, -0.15) is 4.98 Å². The van der Waals surface area contributed by atoms with Gasteiger partial charge in [0.1, 0.15) is 0 Å². The van der Waals surface area contributed by atoms with Crippen LogP contribution in [0.5, 0.6) is 11.5 Å². The van der Waals surface area contributed by atoms with E-state index in [0.29, 0.717) is 45.5 Å². The summed E-state index contributed by atoms with van der Waals surface area (Å²) in [6.45, 7) is 0. The molecule has 0 bridgehead atoms. The second kappa shape index (κ2) is 9.80. The Bertz CT molecular complexity index is 1240. The lowest BCUT2D eigenvalue weighted by atomic mass is 10.2. The van der Waals surface area contributed by atoms with Crippen molar-refractivity contribution in [2.45, 2.75) is 12.8 Å². The number of carbonyl (C=O) groups excluding carboxylic acids is 1. The minimum absolute atomic E-state index is 0.175. The van der Waals surface area contributed by atoms with Crippen molar-refractivity contribution in [1.29, 1.82) is 0 Å². The molecule has 0 aliphatic heterocycles. The number of amides is 1. The van der Waals surface area contributed by atoms with E-state index in [9.17, 15) is 4.79 Å². The Morgan fingerprint density at radius 3 is 2.72 bits per heavy atom. The molecule has 10 heteroatoms. The largest absolute Gasteiger partial charge is 0.493 e. The summed E-state index contributed by atoms with van der Waals surface area (Å²) in [4.78, 5) is 21.1. The number of ether oxygens (including phenoxy) is 2. The lowest BCUT2D eigenvalue weighted by molar-refractivity contribution is -0.116. The molecule has 0 saturated heterocycles. The van der Waals surface area contributed by atoms with Gasteiger partial charge < -0.3 is 19.3 Å². The maximum absolute atomic E-state index is 12.3. The Morgan fingerprint density at radius 2 is 1.94 bits per heavy atom. The lowest BCUT2D eigenvalue weighted by Gasteiger charge is -2.07. The molecule has 4 aromatic rings. The van der Waals surface area contributed by atoms with E-state index in [2.05, 4.69) is 20.4 Å². The summed E-state index contributed by atoms with van der Waals surface area (Å²) in [5.74, 6) is 1.74. The van der Waals surface area contributed by atoms with Crippen LogP contribution in [0.3, 0.4) is 0 Å². The number of hydrogen-bond acceptors (Lipinski definition) is 8. The van der Waals surface area contributed by atoms with Gasteiger partial charge in [0.25, 0.3) is 0 Å². The van der Waals surface area contributed by atoms with Crippen molar-refractivity contribution in [2.75, 3.05) is 19.5 Å². The SMILES string of the molecule is COc1ccc(-c2noc(CCC(=O)Nc3nc(-c4ccccc4Cl)cs3)n2)cc1OC. The van der Waals surface area contributed by atoms with E-state index in [1.54, 1.807) is 32.4 Å². The van der Waals surface area contributed by atoms with E-state index in [1.165, 1.54) is 11.3 Å². The van der Waals surface area contributed by atoms with Gasteiger partial charge in [-0.05, 0) is 24.3 Å². The van der Waals surface area contributed by atoms with Gasteiger partial charge in [0.15, 0.2) is 16.6 Å². The molecule has 4 rings (SSSR count). The Kier molecular flexibility index (Phi) is 6.67. The number of nitrogens with one attached hydrogen (secondary N) is 1. The van der Waals surface area contributed by atoms with Crippen molar-refractivity contribution in [3.8, 4) is 34.1 Å². The quantitative estimate of drug-likeness (QED) is 0.382. The first-order valence-electron chi connectivity index (χ1n) is 9.62. The number of nitrogens with zero attached hydrogens (tertiary/aromatic N) is 3. The zero-order valence-electron chi connectivity index (χ0n) is 17.3. The van der Waals surface area contributed by atoms with Gasteiger partial charge in [0, 0.05) is 34.4 Å². The van der Waals surface area contributed by atoms with Crippen LogP contribution in [0.15, 0.2) is 52.4 Å². The molecule has 0 spiro atoms. The molecule has 2 heterocycles. The highest BCUT2D eigenvalue weighted by Crippen LogP contribution is 2.32. The predicted octanol–water partition coefficient (Wildman–Crippen LogP) is 5.10. The highest BCUT2D eigenvalue weighted by Gasteiger charge is 2.14. The van der Waals surface area contributed by atoms with Gasteiger partial charge in [-0.1, -0.05) is 35.0 Å². The topological polar surface area (TPSA) is 99.4 Å². The molecule has 1 N–H and O–H groups in total. The molecule has 1 amide bonds. The van der Waals surface area contributed by atoms with Crippen molar-refractivity contribution in [1.82, 2.24) is 15.1 Å². The molecule has 164 valence electrons. The maximum atomic E-state index is 12.3. The van der Waals surface area contributed by atoms with Gasteiger partial charge in [0.05, 0.1) is 19.9 Å². The highest BCUT2D eigenvalue weighted by molar-refractivity contribution is 7.14. The van der Waals surface area contributed by atoms with Crippen LogP contribution in [0, 0.1) is 0 Å². The standard InChI is InChI=1S/C22H19ClN4O4S/c1-29-17-8-7-13(11-18(17)30-2)21-26-20(31-27-21)10-9-19(28)25-22-24-16(12-32-22)14-5-3-4-6-15(14)23/h3-8,11-12H,9-10H2,1-2H3,(H,24,25,28).